The van der Waals surface area contributed by atoms with Crippen molar-refractivity contribution in [3.63, 3.8) is 0 Å². The van der Waals surface area contributed by atoms with Crippen LogP contribution in [-0.2, 0) is 20.9 Å². The molecule has 0 radical (unpaired) electrons. The van der Waals surface area contributed by atoms with Gasteiger partial charge in [0.15, 0.2) is 0 Å². The summed E-state index contributed by atoms with van der Waals surface area (Å²) in [4.78, 5) is 36.4. The number of rotatable bonds is 19. The van der Waals surface area contributed by atoms with Gasteiger partial charge in [-0.05, 0) is 26.5 Å². The Morgan fingerprint density at radius 1 is 1.26 bits per heavy atom. The van der Waals surface area contributed by atoms with Crippen molar-refractivity contribution in [3.05, 3.63) is 41.2 Å². The van der Waals surface area contributed by atoms with Gasteiger partial charge in [0.25, 0.3) is 0 Å². The summed E-state index contributed by atoms with van der Waals surface area (Å²) in [6.45, 7) is 6.96. The number of nitrogens with zero attached hydrogens (tertiary/aromatic N) is 2. The number of nitrogens with two attached hydrogens (primary N) is 2. The predicted octanol–water partition coefficient (Wildman–Crippen LogP) is 0.386. The largest absolute Gasteiger partial charge is 0.399 e. The van der Waals surface area contributed by atoms with E-state index in [0.29, 0.717) is 62.2 Å². The molecule has 0 aliphatic carbocycles. The maximum absolute atomic E-state index is 12.4. The fraction of sp³-hybridized carbons (Fsp3) is 0.542. The summed E-state index contributed by atoms with van der Waals surface area (Å²) in [7, 11) is 2.02. The van der Waals surface area contributed by atoms with Gasteiger partial charge in [-0.15, -0.1) is 0 Å². The Hall–Kier alpha value is -2.99. The van der Waals surface area contributed by atoms with E-state index in [-0.39, 0.29) is 19.1 Å². The van der Waals surface area contributed by atoms with E-state index in [4.69, 9.17) is 16.3 Å². The number of aldehydes is 1. The van der Waals surface area contributed by atoms with E-state index in [2.05, 4.69) is 34.7 Å². The van der Waals surface area contributed by atoms with E-state index in [0.717, 1.165) is 24.7 Å². The first-order valence-electron chi connectivity index (χ1n) is 11.8. The van der Waals surface area contributed by atoms with Crippen LogP contribution < -0.4 is 27.5 Å². The molecule has 35 heavy (non-hydrogen) atoms. The number of carbonyl (C=O) groups excluding carboxylic acids is 3. The molecule has 0 aliphatic heterocycles. The van der Waals surface area contributed by atoms with Crippen molar-refractivity contribution in [2.45, 2.75) is 39.3 Å². The number of hydrogen-bond acceptors (Lipinski definition) is 9. The van der Waals surface area contributed by atoms with Gasteiger partial charge < -0.3 is 31.4 Å². The van der Waals surface area contributed by atoms with Crippen LogP contribution in [0.25, 0.3) is 0 Å². The lowest BCUT2D eigenvalue weighted by molar-refractivity contribution is -0.120. The summed E-state index contributed by atoms with van der Waals surface area (Å²) in [6, 6.07) is 5.67. The highest BCUT2D eigenvalue weighted by Gasteiger charge is 2.16. The van der Waals surface area contributed by atoms with Gasteiger partial charge in [-0.1, -0.05) is 25.5 Å². The molecule has 0 heterocycles. The van der Waals surface area contributed by atoms with Gasteiger partial charge in [-0.2, -0.15) is 0 Å². The molecule has 0 spiro atoms. The lowest BCUT2D eigenvalue weighted by Crippen LogP contribution is -2.36. The van der Waals surface area contributed by atoms with E-state index < -0.39 is 0 Å². The number of benzene rings is 1. The van der Waals surface area contributed by atoms with Crippen molar-refractivity contribution < 1.29 is 19.1 Å². The number of hydrogen-bond donors (Lipinski definition) is 5. The van der Waals surface area contributed by atoms with Crippen molar-refractivity contribution in [1.82, 2.24) is 20.5 Å². The zero-order valence-corrected chi connectivity index (χ0v) is 21.1. The molecule has 0 saturated heterocycles. The quantitative estimate of drug-likeness (QED) is 0.0799. The first kappa shape index (κ1) is 30.0. The van der Waals surface area contributed by atoms with Crippen LogP contribution in [0.3, 0.4) is 0 Å². The first-order chi connectivity index (χ1) is 16.8. The fourth-order valence-electron chi connectivity index (χ4n) is 3.36. The Labute approximate surface area is 208 Å². The summed E-state index contributed by atoms with van der Waals surface area (Å²) in [6.07, 6.45) is 5.07. The monoisotopic (exact) mass is 491 g/mol. The van der Waals surface area contributed by atoms with Crippen molar-refractivity contribution in [1.29, 1.82) is 0 Å². The predicted molar refractivity (Wildman–Crippen MR) is 137 cm³/mol. The maximum Gasteiger partial charge on any atom is 0.250 e. The van der Waals surface area contributed by atoms with Gasteiger partial charge in [-0.3, -0.25) is 19.3 Å². The Morgan fingerprint density at radius 2 is 2.03 bits per heavy atom. The molecule has 1 aromatic carbocycles. The topological polar surface area (TPSA) is 155 Å². The Balaban J connectivity index is 2.42. The SMILES string of the molecule is CCCC(C)N(C)Cc1c(C=O)cccc1NC(=O)COCCNCCN(N)/C=C(\N)CNC=O. The molecule has 0 saturated carbocycles. The van der Waals surface area contributed by atoms with Gasteiger partial charge in [0.2, 0.25) is 12.3 Å². The number of anilines is 1. The second-order valence-corrected chi connectivity index (χ2v) is 8.34. The average molecular weight is 492 g/mol. The molecule has 0 aromatic heterocycles. The molecule has 1 atom stereocenters. The van der Waals surface area contributed by atoms with E-state index in [9.17, 15) is 14.4 Å². The van der Waals surface area contributed by atoms with Crippen LogP contribution in [0, 0.1) is 0 Å². The normalized spacial score (nSPS) is 12.3. The minimum Gasteiger partial charge on any atom is -0.399 e. The molecule has 196 valence electrons. The van der Waals surface area contributed by atoms with Crippen LogP contribution in [0.15, 0.2) is 30.1 Å². The fourth-order valence-corrected chi connectivity index (χ4v) is 3.36. The van der Waals surface area contributed by atoms with Crippen LogP contribution in [-0.4, -0.2) is 81.0 Å². The molecule has 0 bridgehead atoms. The second kappa shape index (κ2) is 17.4. The summed E-state index contributed by atoms with van der Waals surface area (Å²) >= 11 is 0. The van der Waals surface area contributed by atoms with Crippen molar-refractivity contribution >= 4 is 24.3 Å². The Morgan fingerprint density at radius 3 is 2.71 bits per heavy atom. The van der Waals surface area contributed by atoms with Crippen LogP contribution in [0.2, 0.25) is 0 Å². The molecule has 11 nitrogen and oxygen atoms in total. The second-order valence-electron chi connectivity index (χ2n) is 8.34. The van der Waals surface area contributed by atoms with Crippen LogP contribution >= 0.6 is 0 Å². The molecule has 0 aliphatic rings. The zero-order chi connectivity index (χ0) is 26.1. The van der Waals surface area contributed by atoms with Gasteiger partial charge in [0, 0.05) is 60.9 Å². The molecule has 1 rings (SSSR count). The molecular formula is C24H41N7O4. The average Bonchev–Trinajstić information content (AvgIpc) is 2.83. The van der Waals surface area contributed by atoms with E-state index >= 15 is 0 Å². The highest BCUT2D eigenvalue weighted by molar-refractivity contribution is 5.94. The van der Waals surface area contributed by atoms with Gasteiger partial charge in [0.1, 0.15) is 12.9 Å². The summed E-state index contributed by atoms with van der Waals surface area (Å²) in [5.41, 5.74) is 8.13. The first-order valence-corrected chi connectivity index (χ1v) is 11.8. The van der Waals surface area contributed by atoms with Crippen molar-refractivity contribution in [3.8, 4) is 0 Å². The lowest BCUT2D eigenvalue weighted by Gasteiger charge is -2.26. The van der Waals surface area contributed by atoms with Crippen molar-refractivity contribution in [2.75, 3.05) is 51.8 Å². The van der Waals surface area contributed by atoms with Crippen molar-refractivity contribution in [2.24, 2.45) is 11.6 Å². The molecule has 0 fully saturated rings. The van der Waals surface area contributed by atoms with Crippen LogP contribution in [0.1, 0.15) is 42.6 Å². The highest BCUT2D eigenvalue weighted by Crippen LogP contribution is 2.22. The molecular weight excluding hydrogens is 450 g/mol. The number of carbonyl (C=O) groups is 3. The summed E-state index contributed by atoms with van der Waals surface area (Å²) in [5, 5.41) is 9.91. The summed E-state index contributed by atoms with van der Waals surface area (Å²) in [5.74, 6) is 5.53. The zero-order valence-electron chi connectivity index (χ0n) is 21.1. The number of hydrazine groups is 1. The smallest absolute Gasteiger partial charge is 0.250 e. The van der Waals surface area contributed by atoms with Crippen LogP contribution in [0.4, 0.5) is 5.69 Å². The molecule has 1 unspecified atom stereocenters. The highest BCUT2D eigenvalue weighted by atomic mass is 16.5. The molecule has 11 heteroatoms. The third-order valence-electron chi connectivity index (χ3n) is 5.40. The standard InChI is InChI=1S/C24H41N7O4/c1-4-6-19(2)30(3)15-22-20(16-32)7-5-8-23(22)29-24(34)17-35-12-10-27-9-11-31(26)14-21(25)13-28-18-33/h5,7-8,14,16,18-19,27H,4,6,9-13,15,17,25-26H2,1-3H3,(H,28,33)(H,29,34)/b21-14-. The molecule has 7 N–H and O–H groups in total. The van der Waals surface area contributed by atoms with E-state index in [1.54, 1.807) is 24.4 Å². The van der Waals surface area contributed by atoms with Gasteiger partial charge in [-0.25, -0.2) is 5.84 Å². The lowest BCUT2D eigenvalue weighted by atomic mass is 10.0. The Bertz CT molecular complexity index is 819. The maximum atomic E-state index is 12.4. The molecule has 2 amide bonds. The third-order valence-corrected chi connectivity index (χ3v) is 5.40. The van der Waals surface area contributed by atoms with E-state index in [1.807, 2.05) is 7.05 Å². The minimum absolute atomic E-state index is 0.0967. The Kier molecular flexibility index (Phi) is 15.0. The minimum atomic E-state index is -0.281. The number of nitrogens with one attached hydrogen (secondary N) is 3. The van der Waals surface area contributed by atoms with E-state index in [1.165, 1.54) is 5.01 Å². The van der Waals surface area contributed by atoms with Gasteiger partial charge >= 0.3 is 0 Å². The summed E-state index contributed by atoms with van der Waals surface area (Å²) < 4.78 is 5.46. The number of ether oxygens (including phenoxy) is 1. The molecule has 1 aromatic rings. The van der Waals surface area contributed by atoms with Crippen LogP contribution in [0.5, 0.6) is 0 Å². The van der Waals surface area contributed by atoms with Gasteiger partial charge in [0.05, 0.1) is 13.2 Å². The third kappa shape index (κ3) is 12.3. The number of amides is 2.